The summed E-state index contributed by atoms with van der Waals surface area (Å²) in [6.45, 7) is 1.87. The maximum Gasteiger partial charge on any atom is 0.0977 e. The van der Waals surface area contributed by atoms with Crippen LogP contribution < -0.4 is 0 Å². The van der Waals surface area contributed by atoms with Crippen LogP contribution in [-0.2, 0) is 0 Å². The third kappa shape index (κ3) is 1.26. The third-order valence-corrected chi connectivity index (χ3v) is 1.26. The first kappa shape index (κ1) is 6.63. The van der Waals surface area contributed by atoms with Gasteiger partial charge in [0.05, 0.1) is 18.6 Å². The minimum Gasteiger partial charge on any atom is -0.472 e. The van der Waals surface area contributed by atoms with Gasteiger partial charge in [0.15, 0.2) is 0 Å². The summed E-state index contributed by atoms with van der Waals surface area (Å²) in [6, 6.07) is 3.77. The van der Waals surface area contributed by atoms with Gasteiger partial charge in [0.2, 0.25) is 0 Å². The monoisotopic (exact) mass is 133 g/mol. The molecule has 0 saturated heterocycles. The summed E-state index contributed by atoms with van der Waals surface area (Å²) >= 11 is 0. The van der Waals surface area contributed by atoms with E-state index in [0.717, 1.165) is 11.1 Å². The van der Waals surface area contributed by atoms with Gasteiger partial charge >= 0.3 is 0 Å². The molecule has 0 bridgehead atoms. The molecule has 0 atom stereocenters. The third-order valence-electron chi connectivity index (χ3n) is 1.26. The van der Waals surface area contributed by atoms with E-state index < -0.39 is 0 Å². The molecule has 0 spiro atoms. The molecule has 0 N–H and O–H groups in total. The normalized spacial score (nSPS) is 11.0. The fourth-order valence-electron chi connectivity index (χ4n) is 0.669. The molecule has 2 nitrogen and oxygen atoms in total. The lowest BCUT2D eigenvalue weighted by Gasteiger charge is -1.88. The molecule has 1 aromatic heterocycles. The molecular formula is C8H7NO. The minimum atomic E-state index is 0.927. The molecule has 1 heterocycles. The van der Waals surface area contributed by atoms with Crippen molar-refractivity contribution < 1.29 is 4.42 Å². The number of hydrogen-bond acceptors (Lipinski definition) is 2. The fraction of sp³-hybridized carbons (Fsp3) is 0.125. The fourth-order valence-corrected chi connectivity index (χ4v) is 0.669. The molecule has 0 saturated carbocycles. The van der Waals surface area contributed by atoms with Crippen LogP contribution in [-0.4, -0.2) is 0 Å². The molecule has 0 aliphatic heterocycles. The van der Waals surface area contributed by atoms with Crippen LogP contribution in [0.5, 0.6) is 0 Å². The lowest BCUT2D eigenvalue weighted by Crippen LogP contribution is -1.70. The van der Waals surface area contributed by atoms with Gasteiger partial charge in [0.1, 0.15) is 0 Å². The highest BCUT2D eigenvalue weighted by atomic mass is 16.3. The molecule has 0 aromatic carbocycles. The van der Waals surface area contributed by atoms with Crippen LogP contribution in [0.2, 0.25) is 0 Å². The summed E-state index contributed by atoms with van der Waals surface area (Å²) in [7, 11) is 0. The zero-order valence-electron chi connectivity index (χ0n) is 5.66. The van der Waals surface area contributed by atoms with Crippen molar-refractivity contribution in [1.29, 1.82) is 5.26 Å². The Morgan fingerprint density at radius 1 is 1.80 bits per heavy atom. The van der Waals surface area contributed by atoms with E-state index in [1.165, 1.54) is 6.08 Å². The highest BCUT2D eigenvalue weighted by Gasteiger charge is 1.93. The quantitative estimate of drug-likeness (QED) is 0.550. The number of rotatable bonds is 1. The Kier molecular flexibility index (Phi) is 1.91. The summed E-state index contributed by atoms with van der Waals surface area (Å²) in [5.41, 5.74) is 1.89. The van der Waals surface area contributed by atoms with Crippen molar-refractivity contribution in [2.75, 3.05) is 0 Å². The van der Waals surface area contributed by atoms with E-state index in [1.54, 1.807) is 12.5 Å². The Morgan fingerprint density at radius 2 is 2.60 bits per heavy atom. The molecule has 1 aromatic rings. The first-order valence-corrected chi connectivity index (χ1v) is 2.93. The van der Waals surface area contributed by atoms with E-state index in [4.69, 9.17) is 9.68 Å². The standard InChI is InChI=1S/C8H7NO/c1-7(2-4-9)8-3-5-10-6-8/h2-3,5-6H,1H3. The van der Waals surface area contributed by atoms with E-state index >= 15 is 0 Å². The van der Waals surface area contributed by atoms with Crippen LogP contribution in [0.4, 0.5) is 0 Å². The topological polar surface area (TPSA) is 36.9 Å². The molecule has 0 radical (unpaired) electrons. The van der Waals surface area contributed by atoms with Crippen LogP contribution >= 0.6 is 0 Å². The average Bonchev–Trinajstić information content (AvgIpc) is 2.38. The van der Waals surface area contributed by atoms with Crippen molar-refractivity contribution in [3.05, 3.63) is 30.2 Å². The second-order valence-corrected chi connectivity index (χ2v) is 1.97. The van der Waals surface area contributed by atoms with Gasteiger partial charge in [-0.2, -0.15) is 5.26 Å². The van der Waals surface area contributed by atoms with Gasteiger partial charge in [0, 0.05) is 11.6 Å². The second-order valence-electron chi connectivity index (χ2n) is 1.97. The van der Waals surface area contributed by atoms with E-state index in [2.05, 4.69) is 0 Å². The zero-order chi connectivity index (χ0) is 7.40. The maximum absolute atomic E-state index is 8.28. The number of furan rings is 1. The molecule has 0 fully saturated rings. The zero-order valence-corrected chi connectivity index (χ0v) is 5.66. The Morgan fingerprint density at radius 3 is 3.10 bits per heavy atom. The van der Waals surface area contributed by atoms with E-state index in [9.17, 15) is 0 Å². The maximum atomic E-state index is 8.28. The minimum absolute atomic E-state index is 0.927. The highest BCUT2D eigenvalue weighted by Crippen LogP contribution is 2.12. The largest absolute Gasteiger partial charge is 0.472 e. The van der Waals surface area contributed by atoms with E-state index in [-0.39, 0.29) is 0 Å². The Labute approximate surface area is 59.4 Å². The van der Waals surface area contributed by atoms with Gasteiger partial charge in [0.25, 0.3) is 0 Å². The van der Waals surface area contributed by atoms with Crippen LogP contribution in [0.25, 0.3) is 5.57 Å². The Hall–Kier alpha value is -1.49. The number of hydrogen-bond donors (Lipinski definition) is 0. The molecule has 0 aliphatic carbocycles. The smallest absolute Gasteiger partial charge is 0.0977 e. The van der Waals surface area contributed by atoms with Crippen molar-refractivity contribution in [3.63, 3.8) is 0 Å². The van der Waals surface area contributed by atoms with Crippen molar-refractivity contribution in [2.24, 2.45) is 0 Å². The molecule has 0 amide bonds. The SMILES string of the molecule is CC(=CC#N)c1ccoc1. The molecule has 1 rings (SSSR count). The van der Waals surface area contributed by atoms with Gasteiger partial charge in [-0.15, -0.1) is 0 Å². The predicted octanol–water partition coefficient (Wildman–Crippen LogP) is 2.21. The first-order chi connectivity index (χ1) is 4.84. The van der Waals surface area contributed by atoms with E-state index in [1.807, 2.05) is 19.1 Å². The molecule has 0 unspecified atom stereocenters. The number of nitrogens with zero attached hydrogens (tertiary/aromatic N) is 1. The molecule has 0 aliphatic rings. The van der Waals surface area contributed by atoms with Crippen molar-refractivity contribution in [3.8, 4) is 6.07 Å². The molecule has 10 heavy (non-hydrogen) atoms. The van der Waals surface area contributed by atoms with Crippen molar-refractivity contribution in [1.82, 2.24) is 0 Å². The Bertz CT molecular complexity index is 264. The van der Waals surface area contributed by atoms with Crippen LogP contribution in [0.3, 0.4) is 0 Å². The summed E-state index contributed by atoms with van der Waals surface area (Å²) in [6.07, 6.45) is 4.69. The van der Waals surface area contributed by atoms with Gasteiger partial charge in [-0.1, -0.05) is 0 Å². The summed E-state index contributed by atoms with van der Waals surface area (Å²) in [4.78, 5) is 0. The van der Waals surface area contributed by atoms with Gasteiger partial charge in [-0.25, -0.2) is 0 Å². The van der Waals surface area contributed by atoms with Gasteiger partial charge in [-0.05, 0) is 18.6 Å². The van der Waals surface area contributed by atoms with Gasteiger partial charge < -0.3 is 4.42 Å². The molecule has 50 valence electrons. The Balaban J connectivity index is 2.90. The summed E-state index contributed by atoms with van der Waals surface area (Å²) in [5, 5.41) is 8.28. The molecular weight excluding hydrogens is 126 g/mol. The predicted molar refractivity (Wildman–Crippen MR) is 38.0 cm³/mol. The van der Waals surface area contributed by atoms with Crippen LogP contribution in [0.1, 0.15) is 12.5 Å². The van der Waals surface area contributed by atoms with Crippen molar-refractivity contribution in [2.45, 2.75) is 6.92 Å². The van der Waals surface area contributed by atoms with Crippen LogP contribution in [0, 0.1) is 11.3 Å². The van der Waals surface area contributed by atoms with Gasteiger partial charge in [-0.3, -0.25) is 0 Å². The summed E-state index contributed by atoms with van der Waals surface area (Å²) in [5.74, 6) is 0. The second kappa shape index (κ2) is 2.88. The number of nitriles is 1. The highest BCUT2D eigenvalue weighted by molar-refractivity contribution is 5.64. The number of allylic oxidation sites excluding steroid dienone is 2. The lowest BCUT2D eigenvalue weighted by atomic mass is 10.1. The van der Waals surface area contributed by atoms with E-state index in [0.29, 0.717) is 0 Å². The summed E-state index contributed by atoms with van der Waals surface area (Å²) < 4.78 is 4.83. The molecule has 2 heteroatoms. The van der Waals surface area contributed by atoms with Crippen LogP contribution in [0.15, 0.2) is 29.1 Å². The first-order valence-electron chi connectivity index (χ1n) is 2.93. The van der Waals surface area contributed by atoms with Crippen molar-refractivity contribution >= 4 is 5.57 Å². The average molecular weight is 133 g/mol. The lowest BCUT2D eigenvalue weighted by molar-refractivity contribution is 0.566.